The summed E-state index contributed by atoms with van der Waals surface area (Å²) in [6.07, 6.45) is 1.10. The standard InChI is InChI=1S/C19H21NO3S/c21-17(14-23-18-5-2-1-3-6-18)12-20(11-16-8-10-24-15-16)13-19-7-4-9-22-19/h1-10,15,17,21H,11-14H2. The molecule has 1 unspecified atom stereocenters. The van der Waals surface area contributed by atoms with Gasteiger partial charge in [-0.2, -0.15) is 11.3 Å². The van der Waals surface area contributed by atoms with Crippen molar-refractivity contribution in [1.29, 1.82) is 0 Å². The number of hydrogen-bond donors (Lipinski definition) is 1. The SMILES string of the molecule is OC(COc1ccccc1)CN(Cc1ccsc1)Cc1ccco1. The minimum Gasteiger partial charge on any atom is -0.491 e. The maximum atomic E-state index is 10.3. The molecule has 0 aliphatic carbocycles. The Labute approximate surface area is 145 Å². The molecular weight excluding hydrogens is 322 g/mol. The third kappa shape index (κ3) is 5.23. The molecule has 0 fully saturated rings. The Kier molecular flexibility index (Phi) is 6.07. The van der Waals surface area contributed by atoms with Crippen molar-refractivity contribution in [2.24, 2.45) is 0 Å². The van der Waals surface area contributed by atoms with Gasteiger partial charge in [0.15, 0.2) is 0 Å². The number of hydrogen-bond acceptors (Lipinski definition) is 5. The lowest BCUT2D eigenvalue weighted by Crippen LogP contribution is -2.34. The van der Waals surface area contributed by atoms with E-state index in [1.807, 2.05) is 42.5 Å². The van der Waals surface area contributed by atoms with Crippen LogP contribution in [0, 0.1) is 0 Å². The second-order valence-corrected chi connectivity index (χ2v) is 6.44. The quantitative estimate of drug-likeness (QED) is 0.642. The van der Waals surface area contributed by atoms with E-state index < -0.39 is 6.10 Å². The summed E-state index contributed by atoms with van der Waals surface area (Å²) < 4.78 is 11.1. The minimum atomic E-state index is -0.571. The summed E-state index contributed by atoms with van der Waals surface area (Å²) in [4.78, 5) is 2.17. The third-order valence-corrected chi connectivity index (χ3v) is 4.33. The van der Waals surface area contributed by atoms with Gasteiger partial charge >= 0.3 is 0 Å². The summed E-state index contributed by atoms with van der Waals surface area (Å²) in [6, 6.07) is 15.5. The van der Waals surface area contributed by atoms with Gasteiger partial charge in [0.2, 0.25) is 0 Å². The fourth-order valence-corrected chi connectivity index (χ4v) is 3.17. The second-order valence-electron chi connectivity index (χ2n) is 5.66. The van der Waals surface area contributed by atoms with E-state index >= 15 is 0 Å². The summed E-state index contributed by atoms with van der Waals surface area (Å²) in [6.45, 7) is 2.21. The van der Waals surface area contributed by atoms with Gasteiger partial charge in [0.25, 0.3) is 0 Å². The van der Waals surface area contributed by atoms with Crippen molar-refractivity contribution >= 4 is 11.3 Å². The number of aliphatic hydroxyl groups excluding tert-OH is 1. The lowest BCUT2D eigenvalue weighted by molar-refractivity contribution is 0.0605. The molecule has 3 aromatic rings. The lowest BCUT2D eigenvalue weighted by Gasteiger charge is -2.24. The number of benzene rings is 1. The van der Waals surface area contributed by atoms with Crippen LogP contribution in [0.3, 0.4) is 0 Å². The Hall–Kier alpha value is -2.08. The van der Waals surface area contributed by atoms with Gasteiger partial charge in [0.1, 0.15) is 24.2 Å². The predicted octanol–water partition coefficient (Wildman–Crippen LogP) is 3.78. The number of para-hydroxylation sites is 1. The van der Waals surface area contributed by atoms with Crippen molar-refractivity contribution in [3.63, 3.8) is 0 Å². The lowest BCUT2D eigenvalue weighted by atomic mass is 10.2. The topological polar surface area (TPSA) is 45.8 Å². The zero-order valence-electron chi connectivity index (χ0n) is 13.4. The molecule has 0 spiro atoms. The maximum Gasteiger partial charge on any atom is 0.119 e. The first kappa shape index (κ1) is 16.8. The van der Waals surface area contributed by atoms with E-state index in [1.54, 1.807) is 17.6 Å². The van der Waals surface area contributed by atoms with Crippen LogP contribution in [-0.2, 0) is 13.1 Å². The molecule has 24 heavy (non-hydrogen) atoms. The molecular formula is C19H21NO3S. The van der Waals surface area contributed by atoms with Crippen LogP contribution in [-0.4, -0.2) is 29.3 Å². The van der Waals surface area contributed by atoms with Crippen LogP contribution in [0.5, 0.6) is 5.75 Å². The van der Waals surface area contributed by atoms with Crippen LogP contribution in [0.2, 0.25) is 0 Å². The Morgan fingerprint density at radius 1 is 1.08 bits per heavy atom. The number of nitrogens with zero attached hydrogens (tertiary/aromatic N) is 1. The fourth-order valence-electron chi connectivity index (χ4n) is 2.51. The van der Waals surface area contributed by atoms with E-state index in [0.717, 1.165) is 18.1 Å². The van der Waals surface area contributed by atoms with Crippen LogP contribution in [0.15, 0.2) is 70.0 Å². The number of ether oxygens (including phenoxy) is 1. The number of thiophene rings is 1. The molecule has 0 radical (unpaired) electrons. The third-order valence-electron chi connectivity index (χ3n) is 3.60. The van der Waals surface area contributed by atoms with Crippen molar-refractivity contribution in [3.05, 3.63) is 76.9 Å². The molecule has 0 aliphatic rings. The maximum absolute atomic E-state index is 10.3. The molecule has 0 amide bonds. The van der Waals surface area contributed by atoms with Crippen molar-refractivity contribution in [2.45, 2.75) is 19.2 Å². The summed E-state index contributed by atoms with van der Waals surface area (Å²) >= 11 is 1.68. The zero-order valence-corrected chi connectivity index (χ0v) is 14.2. The van der Waals surface area contributed by atoms with Gasteiger partial charge in [0.05, 0.1) is 12.8 Å². The first-order valence-corrected chi connectivity index (χ1v) is 8.85. The van der Waals surface area contributed by atoms with Gasteiger partial charge in [-0.15, -0.1) is 0 Å². The molecule has 126 valence electrons. The van der Waals surface area contributed by atoms with Gasteiger partial charge in [-0.1, -0.05) is 18.2 Å². The predicted molar refractivity (Wildman–Crippen MR) is 95.1 cm³/mol. The van der Waals surface area contributed by atoms with E-state index in [4.69, 9.17) is 9.15 Å². The normalized spacial score (nSPS) is 12.4. The van der Waals surface area contributed by atoms with E-state index in [9.17, 15) is 5.11 Å². The number of furan rings is 1. The van der Waals surface area contributed by atoms with Crippen molar-refractivity contribution in [2.75, 3.05) is 13.2 Å². The molecule has 0 saturated heterocycles. The first-order valence-electron chi connectivity index (χ1n) is 7.91. The van der Waals surface area contributed by atoms with Crippen LogP contribution >= 0.6 is 11.3 Å². The Balaban J connectivity index is 1.55. The minimum absolute atomic E-state index is 0.266. The number of rotatable bonds is 9. The monoisotopic (exact) mass is 343 g/mol. The molecule has 0 bridgehead atoms. The van der Waals surface area contributed by atoms with Gasteiger partial charge in [-0.05, 0) is 46.7 Å². The van der Waals surface area contributed by atoms with Gasteiger partial charge in [-0.3, -0.25) is 4.90 Å². The molecule has 2 aromatic heterocycles. The summed E-state index contributed by atoms with van der Waals surface area (Å²) in [5.41, 5.74) is 1.24. The van der Waals surface area contributed by atoms with Crippen LogP contribution < -0.4 is 4.74 Å². The average Bonchev–Trinajstić information content (AvgIpc) is 3.28. The summed E-state index contributed by atoms with van der Waals surface area (Å²) in [5, 5.41) is 14.5. The molecule has 5 heteroatoms. The first-order chi connectivity index (χ1) is 11.8. The zero-order chi connectivity index (χ0) is 16.6. The summed E-state index contributed by atoms with van der Waals surface area (Å²) in [7, 11) is 0. The van der Waals surface area contributed by atoms with Gasteiger partial charge in [-0.25, -0.2) is 0 Å². The smallest absolute Gasteiger partial charge is 0.119 e. The van der Waals surface area contributed by atoms with Crippen LogP contribution in [0.1, 0.15) is 11.3 Å². The van der Waals surface area contributed by atoms with E-state index in [1.165, 1.54) is 5.56 Å². The molecule has 3 rings (SSSR count). The average molecular weight is 343 g/mol. The number of aliphatic hydroxyl groups is 1. The molecule has 1 atom stereocenters. The van der Waals surface area contributed by atoms with E-state index in [-0.39, 0.29) is 6.61 Å². The van der Waals surface area contributed by atoms with E-state index in [0.29, 0.717) is 13.1 Å². The van der Waals surface area contributed by atoms with Gasteiger partial charge in [0, 0.05) is 13.1 Å². The molecule has 1 aromatic carbocycles. The molecule has 0 saturated carbocycles. The molecule has 4 nitrogen and oxygen atoms in total. The van der Waals surface area contributed by atoms with Crippen molar-refractivity contribution in [3.8, 4) is 5.75 Å². The van der Waals surface area contributed by atoms with E-state index in [2.05, 4.69) is 21.7 Å². The Morgan fingerprint density at radius 2 is 1.96 bits per heavy atom. The highest BCUT2D eigenvalue weighted by atomic mass is 32.1. The molecule has 1 N–H and O–H groups in total. The highest BCUT2D eigenvalue weighted by Gasteiger charge is 2.15. The largest absolute Gasteiger partial charge is 0.491 e. The van der Waals surface area contributed by atoms with Crippen molar-refractivity contribution in [1.82, 2.24) is 4.90 Å². The fraction of sp³-hybridized carbons (Fsp3) is 0.263. The second kappa shape index (κ2) is 8.68. The highest BCUT2D eigenvalue weighted by Crippen LogP contribution is 2.14. The van der Waals surface area contributed by atoms with Gasteiger partial charge < -0.3 is 14.3 Å². The highest BCUT2D eigenvalue weighted by molar-refractivity contribution is 7.07. The Bertz CT molecular complexity index is 647. The Morgan fingerprint density at radius 3 is 2.67 bits per heavy atom. The van der Waals surface area contributed by atoms with Crippen LogP contribution in [0.4, 0.5) is 0 Å². The molecule has 0 aliphatic heterocycles. The van der Waals surface area contributed by atoms with Crippen LogP contribution in [0.25, 0.3) is 0 Å². The molecule has 2 heterocycles. The van der Waals surface area contributed by atoms with Crippen molar-refractivity contribution < 1.29 is 14.3 Å². The summed E-state index contributed by atoms with van der Waals surface area (Å²) in [5.74, 6) is 1.66.